The summed E-state index contributed by atoms with van der Waals surface area (Å²) in [6.07, 6.45) is 5.95. The molecule has 40 heavy (non-hydrogen) atoms. The summed E-state index contributed by atoms with van der Waals surface area (Å²) >= 11 is 6.87. The number of hydrogen-bond acceptors (Lipinski definition) is 7. The van der Waals surface area contributed by atoms with Crippen LogP contribution < -0.4 is 15.0 Å². The fourth-order valence-corrected chi connectivity index (χ4v) is 7.92. The second-order valence-electron chi connectivity index (χ2n) is 12.2. The highest BCUT2D eigenvalue weighted by Crippen LogP contribution is 2.42. The van der Waals surface area contributed by atoms with Crippen LogP contribution in [0.2, 0.25) is 5.02 Å². The molecule has 6 heterocycles. The number of benzene rings is 2. The quantitative estimate of drug-likeness (QED) is 0.354. The van der Waals surface area contributed by atoms with Crippen LogP contribution in [-0.2, 0) is 0 Å². The van der Waals surface area contributed by atoms with Crippen LogP contribution in [0.4, 0.5) is 10.2 Å². The van der Waals surface area contributed by atoms with Crippen LogP contribution in [0.3, 0.4) is 0 Å². The number of fused-ring (bicyclic) bond motifs is 5. The average molecular weight is 562 g/mol. The van der Waals surface area contributed by atoms with Gasteiger partial charge < -0.3 is 15.0 Å². The van der Waals surface area contributed by atoms with Gasteiger partial charge in [0.05, 0.1) is 27.8 Å². The molecular weight excluding hydrogens is 529 g/mol. The summed E-state index contributed by atoms with van der Waals surface area (Å²) in [5.41, 5.74) is 4.41. The predicted octanol–water partition coefficient (Wildman–Crippen LogP) is 5.03. The van der Waals surface area contributed by atoms with Crippen molar-refractivity contribution < 1.29 is 9.13 Å². The van der Waals surface area contributed by atoms with Crippen molar-refractivity contribution in [3.8, 4) is 17.1 Å². The zero-order chi connectivity index (χ0) is 27.0. The second-order valence-corrected chi connectivity index (χ2v) is 12.6. The Morgan fingerprint density at radius 3 is 2.83 bits per heavy atom. The van der Waals surface area contributed by atoms with Crippen LogP contribution in [0.5, 0.6) is 6.01 Å². The molecule has 2 N–H and O–H groups in total. The molecule has 4 aromatic rings. The highest BCUT2D eigenvalue weighted by Gasteiger charge is 2.49. The molecule has 4 aliphatic rings. The van der Waals surface area contributed by atoms with Crippen molar-refractivity contribution in [3.63, 3.8) is 0 Å². The number of alkyl halides is 1. The first kappa shape index (κ1) is 24.8. The zero-order valence-corrected chi connectivity index (χ0v) is 23.3. The molecule has 2 aromatic carbocycles. The molecule has 4 saturated heterocycles. The third kappa shape index (κ3) is 3.96. The largest absolute Gasteiger partial charge is 0.461 e. The highest BCUT2D eigenvalue weighted by atomic mass is 35.5. The summed E-state index contributed by atoms with van der Waals surface area (Å²) in [6.45, 7) is 5.66. The average Bonchev–Trinajstić information content (AvgIpc) is 3.71. The number of nitrogens with one attached hydrogen (secondary N) is 2. The summed E-state index contributed by atoms with van der Waals surface area (Å²) in [7, 11) is 0. The van der Waals surface area contributed by atoms with Crippen molar-refractivity contribution in [1.29, 1.82) is 0 Å². The molecule has 4 aliphatic heterocycles. The number of piperazine rings is 1. The lowest BCUT2D eigenvalue weighted by Crippen LogP contribution is -2.51. The molecule has 0 aliphatic carbocycles. The maximum absolute atomic E-state index is 14.4. The van der Waals surface area contributed by atoms with Gasteiger partial charge in [-0.05, 0) is 68.5 Å². The van der Waals surface area contributed by atoms with Gasteiger partial charge in [-0.1, -0.05) is 17.7 Å². The predicted molar refractivity (Wildman–Crippen MR) is 155 cm³/mol. The van der Waals surface area contributed by atoms with Crippen molar-refractivity contribution in [2.45, 2.75) is 62.8 Å². The van der Waals surface area contributed by atoms with E-state index in [-0.39, 0.29) is 5.54 Å². The van der Waals surface area contributed by atoms with E-state index in [2.05, 4.69) is 43.5 Å². The number of nitrogens with zero attached hydrogens (tertiary/aromatic N) is 5. The number of aromatic amines is 1. The number of H-pyrrole nitrogens is 1. The van der Waals surface area contributed by atoms with Crippen LogP contribution >= 0.6 is 11.6 Å². The number of aryl methyl sites for hydroxylation is 1. The lowest BCUT2D eigenvalue weighted by atomic mass is 9.95. The molecule has 8 nitrogen and oxygen atoms in total. The smallest absolute Gasteiger partial charge is 0.319 e. The van der Waals surface area contributed by atoms with Gasteiger partial charge in [0.2, 0.25) is 0 Å². The van der Waals surface area contributed by atoms with E-state index in [0.717, 1.165) is 76.8 Å². The van der Waals surface area contributed by atoms with Crippen molar-refractivity contribution in [1.82, 2.24) is 30.4 Å². The lowest BCUT2D eigenvalue weighted by molar-refractivity contribution is 0.107. The first-order valence-corrected chi connectivity index (χ1v) is 14.8. The van der Waals surface area contributed by atoms with Crippen molar-refractivity contribution in [2.75, 3.05) is 37.7 Å². The Morgan fingerprint density at radius 1 is 1.12 bits per heavy atom. The number of halogens is 2. The topological polar surface area (TPSA) is 82.2 Å². The molecular formula is C30H33ClFN7O. The highest BCUT2D eigenvalue weighted by molar-refractivity contribution is 6.36. The lowest BCUT2D eigenvalue weighted by Gasteiger charge is -2.34. The Kier molecular flexibility index (Phi) is 5.73. The number of aromatic nitrogens is 4. The van der Waals surface area contributed by atoms with Gasteiger partial charge in [-0.25, -0.2) is 4.39 Å². The van der Waals surface area contributed by atoms with E-state index in [4.69, 9.17) is 26.3 Å². The van der Waals surface area contributed by atoms with Crippen LogP contribution in [-0.4, -0.2) is 81.6 Å². The van der Waals surface area contributed by atoms with Crippen molar-refractivity contribution >= 4 is 39.2 Å². The minimum atomic E-state index is -0.797. The van der Waals surface area contributed by atoms with E-state index in [1.165, 1.54) is 12.8 Å². The number of rotatable bonds is 5. The van der Waals surface area contributed by atoms with Crippen LogP contribution in [0, 0.1) is 6.92 Å². The molecule has 0 amide bonds. The number of hydrogen-bond donors (Lipinski definition) is 2. The molecule has 10 heteroatoms. The van der Waals surface area contributed by atoms with E-state index >= 15 is 0 Å². The van der Waals surface area contributed by atoms with Crippen LogP contribution in [0.25, 0.3) is 32.9 Å². The van der Waals surface area contributed by atoms with Crippen molar-refractivity contribution in [3.05, 3.63) is 41.0 Å². The van der Waals surface area contributed by atoms with Gasteiger partial charge in [0.25, 0.3) is 0 Å². The third-order valence-corrected chi connectivity index (χ3v) is 10.0. The molecule has 4 atom stereocenters. The van der Waals surface area contributed by atoms with E-state index in [1.807, 2.05) is 19.2 Å². The SMILES string of the molecule is Cc1cc2[nH]ncc2c(-c2ccc3c(N4C[C@H]5CC[C@@H](C4)N5)nc(OC[C@@]45CCCN4C[C@H](F)C5)nc3c2)c1Cl. The molecule has 0 spiro atoms. The van der Waals surface area contributed by atoms with Gasteiger partial charge in [0, 0.05) is 54.5 Å². The monoisotopic (exact) mass is 561 g/mol. The molecule has 208 valence electrons. The van der Waals surface area contributed by atoms with Gasteiger partial charge in [0.1, 0.15) is 18.6 Å². The van der Waals surface area contributed by atoms with Gasteiger partial charge in [-0.3, -0.25) is 10.00 Å². The molecule has 2 aromatic heterocycles. The van der Waals surface area contributed by atoms with Gasteiger partial charge in [-0.15, -0.1) is 0 Å². The molecule has 2 bridgehead atoms. The molecule has 0 unspecified atom stereocenters. The molecule has 4 fully saturated rings. The van der Waals surface area contributed by atoms with Gasteiger partial charge in [-0.2, -0.15) is 15.1 Å². The Bertz CT molecular complexity index is 1610. The first-order valence-electron chi connectivity index (χ1n) is 14.4. The molecule has 8 rings (SSSR count). The summed E-state index contributed by atoms with van der Waals surface area (Å²) in [5, 5.41) is 13.7. The maximum Gasteiger partial charge on any atom is 0.319 e. The molecule has 0 saturated carbocycles. The van der Waals surface area contributed by atoms with Gasteiger partial charge in [0.15, 0.2) is 0 Å². The molecule has 0 radical (unpaired) electrons. The van der Waals surface area contributed by atoms with E-state index < -0.39 is 6.17 Å². The maximum atomic E-state index is 14.4. The third-order valence-electron chi connectivity index (χ3n) is 9.56. The minimum Gasteiger partial charge on any atom is -0.461 e. The fourth-order valence-electron chi connectivity index (χ4n) is 7.65. The Hall–Kier alpha value is -3.01. The van der Waals surface area contributed by atoms with E-state index in [1.54, 1.807) is 0 Å². The fraction of sp³-hybridized carbons (Fsp3) is 0.500. The summed E-state index contributed by atoms with van der Waals surface area (Å²) in [6, 6.07) is 9.63. The normalized spacial score (nSPS) is 28.2. The summed E-state index contributed by atoms with van der Waals surface area (Å²) in [4.78, 5) is 14.6. The van der Waals surface area contributed by atoms with Crippen LogP contribution in [0.15, 0.2) is 30.5 Å². The van der Waals surface area contributed by atoms with E-state index in [0.29, 0.717) is 42.7 Å². The van der Waals surface area contributed by atoms with Gasteiger partial charge >= 0.3 is 6.01 Å². The van der Waals surface area contributed by atoms with Crippen LogP contribution in [0.1, 0.15) is 37.7 Å². The number of ether oxygens (including phenoxy) is 1. The minimum absolute atomic E-state index is 0.254. The Morgan fingerprint density at radius 2 is 1.98 bits per heavy atom. The first-order chi connectivity index (χ1) is 19.5. The second kappa shape index (κ2) is 9.26. The number of anilines is 1. The standard InChI is InChI=1S/C30H33ClFN7O/c1-17-9-25-23(12-33-37-25)26(27(17)31)18-3-6-22-24(10-18)35-29(36-28(22)38-14-20-4-5-21(15-38)34-20)40-16-30-7-2-8-39(30)13-19(32)11-30/h3,6,9-10,12,19-21,34H,2,4-5,7-8,11,13-16H2,1H3,(H,33,37)/t19-,20-,21+,30+/m1/s1. The Labute approximate surface area is 237 Å². The summed E-state index contributed by atoms with van der Waals surface area (Å²) in [5.74, 6) is 0.907. The Balaban J connectivity index is 1.22. The van der Waals surface area contributed by atoms with Crippen molar-refractivity contribution in [2.24, 2.45) is 0 Å². The zero-order valence-electron chi connectivity index (χ0n) is 22.6. The van der Waals surface area contributed by atoms with E-state index in [9.17, 15) is 4.39 Å². The summed E-state index contributed by atoms with van der Waals surface area (Å²) < 4.78 is 20.8.